The van der Waals surface area contributed by atoms with E-state index in [0.717, 1.165) is 28.0 Å². The van der Waals surface area contributed by atoms with E-state index in [2.05, 4.69) is 0 Å². The maximum absolute atomic E-state index is 11.2. The number of aryl methyl sites for hydroxylation is 1. The standard InChI is InChI=1S/C21H18O3/c1-15-11-18(13-19(12-15)21(22)23)17-7-9-20(10-8-17)24-14-16-5-3-2-4-6-16/h2-13H,14H2,1H3,(H,22,23). The topological polar surface area (TPSA) is 46.5 Å². The first-order valence-corrected chi connectivity index (χ1v) is 7.74. The molecule has 3 heteroatoms. The third kappa shape index (κ3) is 3.82. The summed E-state index contributed by atoms with van der Waals surface area (Å²) >= 11 is 0. The van der Waals surface area contributed by atoms with Crippen molar-refractivity contribution >= 4 is 5.97 Å². The molecule has 0 spiro atoms. The van der Waals surface area contributed by atoms with Crippen molar-refractivity contribution in [2.75, 3.05) is 0 Å². The van der Waals surface area contributed by atoms with Gasteiger partial charge in [0.05, 0.1) is 5.56 Å². The van der Waals surface area contributed by atoms with E-state index < -0.39 is 5.97 Å². The molecule has 0 heterocycles. The summed E-state index contributed by atoms with van der Waals surface area (Å²) in [5.41, 5.74) is 4.20. The fourth-order valence-corrected chi connectivity index (χ4v) is 2.56. The van der Waals surface area contributed by atoms with Crippen molar-refractivity contribution in [1.82, 2.24) is 0 Å². The van der Waals surface area contributed by atoms with Crippen molar-refractivity contribution in [3.63, 3.8) is 0 Å². The predicted octanol–water partition coefficient (Wildman–Crippen LogP) is 4.94. The first-order chi connectivity index (χ1) is 11.6. The number of carbonyl (C=O) groups is 1. The van der Waals surface area contributed by atoms with E-state index in [1.807, 2.05) is 67.6 Å². The maximum Gasteiger partial charge on any atom is 0.335 e. The van der Waals surface area contributed by atoms with Gasteiger partial charge in [-0.25, -0.2) is 4.79 Å². The Hall–Kier alpha value is -3.07. The Morgan fingerprint density at radius 2 is 1.62 bits per heavy atom. The third-order valence-corrected chi connectivity index (χ3v) is 3.76. The van der Waals surface area contributed by atoms with E-state index in [1.165, 1.54) is 0 Å². The largest absolute Gasteiger partial charge is 0.489 e. The monoisotopic (exact) mass is 318 g/mol. The second-order valence-corrected chi connectivity index (χ2v) is 5.69. The Kier molecular flexibility index (Phi) is 4.62. The predicted molar refractivity (Wildman–Crippen MR) is 94.3 cm³/mol. The lowest BCUT2D eigenvalue weighted by Gasteiger charge is -2.09. The summed E-state index contributed by atoms with van der Waals surface area (Å²) < 4.78 is 5.77. The number of carboxylic acid groups (broad SMARTS) is 1. The third-order valence-electron chi connectivity index (χ3n) is 3.76. The van der Waals surface area contributed by atoms with E-state index in [0.29, 0.717) is 12.2 Å². The lowest BCUT2D eigenvalue weighted by molar-refractivity contribution is 0.0697. The Morgan fingerprint density at radius 1 is 0.917 bits per heavy atom. The van der Waals surface area contributed by atoms with Crippen LogP contribution in [0.5, 0.6) is 5.75 Å². The summed E-state index contributed by atoms with van der Waals surface area (Å²) in [7, 11) is 0. The number of ether oxygens (including phenoxy) is 1. The van der Waals surface area contributed by atoms with Gasteiger partial charge in [0.15, 0.2) is 0 Å². The normalized spacial score (nSPS) is 10.4. The van der Waals surface area contributed by atoms with E-state index in [-0.39, 0.29) is 0 Å². The molecule has 3 nitrogen and oxygen atoms in total. The average Bonchev–Trinajstić information content (AvgIpc) is 2.61. The van der Waals surface area contributed by atoms with Gasteiger partial charge in [-0.1, -0.05) is 48.5 Å². The van der Waals surface area contributed by atoms with Crippen molar-refractivity contribution in [3.8, 4) is 16.9 Å². The molecule has 120 valence electrons. The molecule has 0 fully saturated rings. The van der Waals surface area contributed by atoms with Gasteiger partial charge in [-0.3, -0.25) is 0 Å². The molecule has 0 aliphatic rings. The smallest absolute Gasteiger partial charge is 0.335 e. The van der Waals surface area contributed by atoms with Crippen LogP contribution in [0.1, 0.15) is 21.5 Å². The summed E-state index contributed by atoms with van der Waals surface area (Å²) in [5.74, 6) is -0.128. The van der Waals surface area contributed by atoms with Gasteiger partial charge in [0.1, 0.15) is 12.4 Å². The molecule has 24 heavy (non-hydrogen) atoms. The van der Waals surface area contributed by atoms with Crippen LogP contribution < -0.4 is 4.74 Å². The number of benzene rings is 3. The zero-order valence-corrected chi connectivity index (χ0v) is 13.4. The average molecular weight is 318 g/mol. The highest BCUT2D eigenvalue weighted by molar-refractivity contribution is 5.89. The number of hydrogen-bond acceptors (Lipinski definition) is 2. The van der Waals surface area contributed by atoms with E-state index >= 15 is 0 Å². The summed E-state index contributed by atoms with van der Waals surface area (Å²) in [5, 5.41) is 9.18. The highest BCUT2D eigenvalue weighted by Gasteiger charge is 2.07. The van der Waals surface area contributed by atoms with Crippen molar-refractivity contribution in [2.45, 2.75) is 13.5 Å². The molecule has 0 saturated carbocycles. The van der Waals surface area contributed by atoms with Crippen molar-refractivity contribution < 1.29 is 14.6 Å². The van der Waals surface area contributed by atoms with Gasteiger partial charge in [0.25, 0.3) is 0 Å². The molecule has 0 unspecified atom stereocenters. The Balaban J connectivity index is 1.76. The molecule has 1 N–H and O–H groups in total. The number of carboxylic acids is 1. The molecule has 0 bridgehead atoms. The van der Waals surface area contributed by atoms with Crippen molar-refractivity contribution in [3.05, 3.63) is 89.5 Å². The molecule has 0 aliphatic heterocycles. The van der Waals surface area contributed by atoms with Crippen molar-refractivity contribution in [1.29, 1.82) is 0 Å². The summed E-state index contributed by atoms with van der Waals surface area (Å²) in [6.45, 7) is 2.42. The second kappa shape index (κ2) is 7.01. The molecule has 3 aromatic carbocycles. The van der Waals surface area contributed by atoms with Crippen LogP contribution >= 0.6 is 0 Å². The van der Waals surface area contributed by atoms with Crippen LogP contribution in [0, 0.1) is 6.92 Å². The molecular formula is C21H18O3. The van der Waals surface area contributed by atoms with Gasteiger partial charge in [0.2, 0.25) is 0 Å². The SMILES string of the molecule is Cc1cc(C(=O)O)cc(-c2ccc(OCc3ccccc3)cc2)c1. The van der Waals surface area contributed by atoms with E-state index in [1.54, 1.807) is 12.1 Å². The highest BCUT2D eigenvalue weighted by Crippen LogP contribution is 2.25. The maximum atomic E-state index is 11.2. The van der Waals surface area contributed by atoms with Gasteiger partial charge in [-0.15, -0.1) is 0 Å². The number of aromatic carboxylic acids is 1. The summed E-state index contributed by atoms with van der Waals surface area (Å²) in [6, 6.07) is 23.0. The highest BCUT2D eigenvalue weighted by atomic mass is 16.5. The zero-order valence-electron chi connectivity index (χ0n) is 13.4. The van der Waals surface area contributed by atoms with Crippen LogP contribution in [-0.2, 0) is 6.61 Å². The van der Waals surface area contributed by atoms with E-state index in [9.17, 15) is 9.90 Å². The van der Waals surface area contributed by atoms with Crippen LogP contribution in [-0.4, -0.2) is 11.1 Å². The van der Waals surface area contributed by atoms with Crippen molar-refractivity contribution in [2.24, 2.45) is 0 Å². The molecular weight excluding hydrogens is 300 g/mol. The molecule has 0 radical (unpaired) electrons. The molecule has 0 atom stereocenters. The van der Waals surface area contributed by atoms with Crippen LogP contribution in [0.25, 0.3) is 11.1 Å². The van der Waals surface area contributed by atoms with Crippen LogP contribution in [0.3, 0.4) is 0 Å². The lowest BCUT2D eigenvalue weighted by atomic mass is 10.0. The minimum Gasteiger partial charge on any atom is -0.489 e. The fraction of sp³-hybridized carbons (Fsp3) is 0.0952. The van der Waals surface area contributed by atoms with Gasteiger partial charge < -0.3 is 9.84 Å². The molecule has 0 aliphatic carbocycles. The van der Waals surface area contributed by atoms with Gasteiger partial charge in [-0.05, 0) is 53.4 Å². The minimum atomic E-state index is -0.914. The number of hydrogen-bond donors (Lipinski definition) is 1. The summed E-state index contributed by atoms with van der Waals surface area (Å²) in [4.78, 5) is 11.2. The Labute approximate surface area is 141 Å². The summed E-state index contributed by atoms with van der Waals surface area (Å²) in [6.07, 6.45) is 0. The molecule has 0 saturated heterocycles. The van der Waals surface area contributed by atoms with Crippen LogP contribution in [0.4, 0.5) is 0 Å². The molecule has 3 rings (SSSR count). The Bertz CT molecular complexity index is 837. The first kappa shape index (κ1) is 15.8. The second-order valence-electron chi connectivity index (χ2n) is 5.69. The number of rotatable bonds is 5. The molecule has 3 aromatic rings. The quantitative estimate of drug-likeness (QED) is 0.725. The van der Waals surface area contributed by atoms with E-state index in [4.69, 9.17) is 4.74 Å². The molecule has 0 amide bonds. The Morgan fingerprint density at radius 3 is 2.29 bits per heavy atom. The van der Waals surface area contributed by atoms with Gasteiger partial charge in [0, 0.05) is 0 Å². The van der Waals surface area contributed by atoms with Gasteiger partial charge >= 0.3 is 5.97 Å². The first-order valence-electron chi connectivity index (χ1n) is 7.74. The van der Waals surface area contributed by atoms with Crippen LogP contribution in [0.15, 0.2) is 72.8 Å². The fourth-order valence-electron chi connectivity index (χ4n) is 2.56. The molecule has 0 aromatic heterocycles. The zero-order chi connectivity index (χ0) is 16.9. The minimum absolute atomic E-state index is 0.300. The lowest BCUT2D eigenvalue weighted by Crippen LogP contribution is -1.97. The van der Waals surface area contributed by atoms with Crippen LogP contribution in [0.2, 0.25) is 0 Å². The van der Waals surface area contributed by atoms with Gasteiger partial charge in [-0.2, -0.15) is 0 Å².